The van der Waals surface area contributed by atoms with Crippen LogP contribution in [0, 0.1) is 0 Å². The van der Waals surface area contributed by atoms with Gasteiger partial charge in [-0.15, -0.1) is 0 Å². The van der Waals surface area contributed by atoms with Crippen LogP contribution >= 0.6 is 0 Å². The second kappa shape index (κ2) is 9.07. The summed E-state index contributed by atoms with van der Waals surface area (Å²) in [5.74, 6) is 1.24. The predicted molar refractivity (Wildman–Crippen MR) is 161 cm³/mol. The van der Waals surface area contributed by atoms with E-state index in [1.165, 1.54) is 43.4 Å². The lowest BCUT2D eigenvalue weighted by atomic mass is 9.84. The van der Waals surface area contributed by atoms with Crippen molar-refractivity contribution in [2.75, 3.05) is 0 Å². The molecule has 4 heteroatoms. The molecule has 6 aromatic carbocycles. The van der Waals surface area contributed by atoms with Gasteiger partial charge in [0.2, 0.25) is 11.8 Å². The summed E-state index contributed by atoms with van der Waals surface area (Å²) in [4.78, 5) is 8.63. The van der Waals surface area contributed by atoms with Crippen LogP contribution in [0.4, 0.5) is 0 Å². The van der Waals surface area contributed by atoms with E-state index in [4.69, 9.17) is 8.83 Å². The zero-order valence-electron chi connectivity index (χ0n) is 21.4. The SMILES string of the molecule is c1ccc2c(c1)ccc1c(-c3ccc(-c4ncco4)cc3)c3ccccc3c(-c3ccc(-c4ncco4)cc3)c12. The van der Waals surface area contributed by atoms with E-state index in [0.717, 1.165) is 22.3 Å². The van der Waals surface area contributed by atoms with Crippen LogP contribution in [0.5, 0.6) is 0 Å². The standard InChI is InChI=1S/C36H22N2O2/c1-2-6-28-23(5-1)17-18-31-32(24-9-13-26(14-10-24)35-37-19-21-39-35)29-7-3-4-8-30(29)33(34(28)31)25-11-15-27(16-12-25)36-38-20-22-40-36/h1-22H. The lowest BCUT2D eigenvalue weighted by Crippen LogP contribution is -1.92. The molecule has 0 radical (unpaired) electrons. The second-order valence-electron chi connectivity index (χ2n) is 9.83. The van der Waals surface area contributed by atoms with Crippen molar-refractivity contribution in [3.05, 3.63) is 134 Å². The molecule has 0 aliphatic carbocycles. The van der Waals surface area contributed by atoms with Gasteiger partial charge in [0.15, 0.2) is 0 Å². The zero-order chi connectivity index (χ0) is 26.5. The quantitative estimate of drug-likeness (QED) is 0.173. The van der Waals surface area contributed by atoms with Gasteiger partial charge in [-0.25, -0.2) is 9.97 Å². The lowest BCUT2D eigenvalue weighted by Gasteiger charge is -2.19. The fourth-order valence-corrected chi connectivity index (χ4v) is 5.85. The summed E-state index contributed by atoms with van der Waals surface area (Å²) >= 11 is 0. The van der Waals surface area contributed by atoms with Crippen LogP contribution in [-0.2, 0) is 0 Å². The molecule has 0 atom stereocenters. The monoisotopic (exact) mass is 514 g/mol. The number of oxazole rings is 2. The van der Waals surface area contributed by atoms with Crippen molar-refractivity contribution in [1.82, 2.24) is 9.97 Å². The first-order chi connectivity index (χ1) is 19.8. The maximum atomic E-state index is 5.54. The fourth-order valence-electron chi connectivity index (χ4n) is 5.85. The Kier molecular flexibility index (Phi) is 5.10. The summed E-state index contributed by atoms with van der Waals surface area (Å²) in [6, 6.07) is 38.9. The van der Waals surface area contributed by atoms with E-state index in [-0.39, 0.29) is 0 Å². The molecule has 0 saturated heterocycles. The number of fused-ring (bicyclic) bond motifs is 4. The first-order valence-electron chi connectivity index (χ1n) is 13.2. The van der Waals surface area contributed by atoms with Crippen molar-refractivity contribution in [2.45, 2.75) is 0 Å². The summed E-state index contributed by atoms with van der Waals surface area (Å²) in [7, 11) is 0. The molecule has 8 rings (SSSR count). The van der Waals surface area contributed by atoms with Gasteiger partial charge >= 0.3 is 0 Å². The number of hydrogen-bond acceptors (Lipinski definition) is 4. The van der Waals surface area contributed by atoms with Crippen LogP contribution in [0.2, 0.25) is 0 Å². The molecular formula is C36H22N2O2. The Labute approximate surface area is 230 Å². The first kappa shape index (κ1) is 22.5. The molecule has 0 aliphatic heterocycles. The molecule has 0 aliphatic rings. The summed E-state index contributed by atoms with van der Waals surface area (Å²) in [5.41, 5.74) is 6.65. The number of nitrogens with zero attached hydrogens (tertiary/aromatic N) is 2. The number of hydrogen-bond donors (Lipinski definition) is 0. The summed E-state index contributed by atoms with van der Waals surface area (Å²) in [6.07, 6.45) is 6.55. The van der Waals surface area contributed by atoms with Gasteiger partial charge in [0.1, 0.15) is 12.5 Å². The maximum absolute atomic E-state index is 5.54. The van der Waals surface area contributed by atoms with E-state index in [1.807, 2.05) is 0 Å². The van der Waals surface area contributed by atoms with E-state index in [1.54, 1.807) is 24.9 Å². The second-order valence-corrected chi connectivity index (χ2v) is 9.83. The smallest absolute Gasteiger partial charge is 0.225 e. The number of benzene rings is 6. The highest BCUT2D eigenvalue weighted by molar-refractivity contribution is 6.27. The average Bonchev–Trinajstić information content (AvgIpc) is 3.76. The largest absolute Gasteiger partial charge is 0.445 e. The number of rotatable bonds is 4. The van der Waals surface area contributed by atoms with Gasteiger partial charge in [0, 0.05) is 11.1 Å². The molecule has 0 fully saturated rings. The molecule has 0 spiro atoms. The predicted octanol–water partition coefficient (Wildman–Crippen LogP) is 9.79. The minimum Gasteiger partial charge on any atom is -0.445 e. The highest BCUT2D eigenvalue weighted by Gasteiger charge is 2.19. The van der Waals surface area contributed by atoms with Gasteiger partial charge in [0.25, 0.3) is 0 Å². The minimum absolute atomic E-state index is 0.621. The van der Waals surface area contributed by atoms with Gasteiger partial charge in [-0.2, -0.15) is 0 Å². The molecule has 2 aromatic heterocycles. The Balaban J connectivity index is 1.44. The van der Waals surface area contributed by atoms with Crippen LogP contribution < -0.4 is 0 Å². The normalized spacial score (nSPS) is 11.5. The molecule has 0 unspecified atom stereocenters. The van der Waals surface area contributed by atoms with Crippen LogP contribution in [0.25, 0.3) is 77.5 Å². The molecule has 4 nitrogen and oxygen atoms in total. The molecule has 0 N–H and O–H groups in total. The van der Waals surface area contributed by atoms with Gasteiger partial charge in [0.05, 0.1) is 12.4 Å². The lowest BCUT2D eigenvalue weighted by molar-refractivity contribution is 0.574. The van der Waals surface area contributed by atoms with Crippen LogP contribution in [0.15, 0.2) is 143 Å². The fraction of sp³-hybridized carbons (Fsp3) is 0. The van der Waals surface area contributed by atoms with E-state index in [9.17, 15) is 0 Å². The molecule has 2 heterocycles. The highest BCUT2D eigenvalue weighted by atomic mass is 16.3. The molecule has 0 amide bonds. The van der Waals surface area contributed by atoms with Crippen LogP contribution in [0.3, 0.4) is 0 Å². The van der Waals surface area contributed by atoms with Gasteiger partial charge in [-0.3, -0.25) is 0 Å². The molecule has 188 valence electrons. The van der Waals surface area contributed by atoms with E-state index >= 15 is 0 Å². The molecule has 40 heavy (non-hydrogen) atoms. The Morgan fingerprint density at radius 3 is 1.48 bits per heavy atom. The first-order valence-corrected chi connectivity index (χ1v) is 13.2. The molecule has 0 saturated carbocycles. The van der Waals surface area contributed by atoms with E-state index < -0.39 is 0 Å². The van der Waals surface area contributed by atoms with Gasteiger partial charge in [-0.1, -0.05) is 84.9 Å². The van der Waals surface area contributed by atoms with Crippen molar-refractivity contribution < 1.29 is 8.83 Å². The van der Waals surface area contributed by atoms with Crippen molar-refractivity contribution in [3.63, 3.8) is 0 Å². The van der Waals surface area contributed by atoms with E-state index in [0.29, 0.717) is 11.8 Å². The Morgan fingerprint density at radius 1 is 0.400 bits per heavy atom. The minimum atomic E-state index is 0.621. The summed E-state index contributed by atoms with van der Waals surface area (Å²) in [5, 5.41) is 7.33. The van der Waals surface area contributed by atoms with Gasteiger partial charge < -0.3 is 8.83 Å². The Morgan fingerprint density at radius 2 is 0.900 bits per heavy atom. The number of aromatic nitrogens is 2. The third-order valence-corrected chi connectivity index (χ3v) is 7.62. The average molecular weight is 515 g/mol. The summed E-state index contributed by atoms with van der Waals surface area (Å²) in [6.45, 7) is 0. The Bertz CT molecular complexity index is 2130. The topological polar surface area (TPSA) is 52.1 Å². The van der Waals surface area contributed by atoms with Crippen molar-refractivity contribution in [2.24, 2.45) is 0 Å². The molecule has 0 bridgehead atoms. The van der Waals surface area contributed by atoms with Gasteiger partial charge in [-0.05, 0) is 78.8 Å². The van der Waals surface area contributed by atoms with Crippen molar-refractivity contribution >= 4 is 32.3 Å². The summed E-state index contributed by atoms with van der Waals surface area (Å²) < 4.78 is 11.1. The maximum Gasteiger partial charge on any atom is 0.225 e. The Hall–Kier alpha value is -5.48. The zero-order valence-corrected chi connectivity index (χ0v) is 21.4. The third kappa shape index (κ3) is 3.54. The van der Waals surface area contributed by atoms with Crippen LogP contribution in [0.1, 0.15) is 0 Å². The van der Waals surface area contributed by atoms with E-state index in [2.05, 4.69) is 119 Å². The van der Waals surface area contributed by atoms with Crippen molar-refractivity contribution in [3.8, 4) is 45.2 Å². The van der Waals surface area contributed by atoms with Crippen LogP contribution in [-0.4, -0.2) is 9.97 Å². The molecular weight excluding hydrogens is 492 g/mol. The molecule has 8 aromatic rings. The van der Waals surface area contributed by atoms with Crippen molar-refractivity contribution in [1.29, 1.82) is 0 Å². The third-order valence-electron chi connectivity index (χ3n) is 7.62. The highest BCUT2D eigenvalue weighted by Crippen LogP contribution is 2.46.